The molecule has 0 aliphatic carbocycles. The molecule has 5 nitrogen and oxygen atoms in total. The summed E-state index contributed by atoms with van der Waals surface area (Å²) in [4.78, 5) is 2.11. The predicted molar refractivity (Wildman–Crippen MR) is 67.5 cm³/mol. The van der Waals surface area contributed by atoms with Crippen molar-refractivity contribution in [3.8, 4) is 17.6 Å². The maximum atomic E-state index is 9.77. The van der Waals surface area contributed by atoms with Crippen LogP contribution >= 0.6 is 0 Å². The zero-order valence-corrected chi connectivity index (χ0v) is 10.4. The zero-order chi connectivity index (χ0) is 13.0. The lowest BCUT2D eigenvalue weighted by atomic mass is 10.0. The molecule has 2 N–H and O–H groups in total. The predicted octanol–water partition coefficient (Wildman–Crippen LogP) is 0.871. The quantitative estimate of drug-likeness (QED) is 0.829. The lowest BCUT2D eigenvalue weighted by molar-refractivity contribution is 0.207. The second kappa shape index (κ2) is 5.71. The number of nitrogens with zero attached hydrogens (tertiary/aromatic N) is 2. The molecule has 0 amide bonds. The Morgan fingerprint density at radius 3 is 2.72 bits per heavy atom. The van der Waals surface area contributed by atoms with Crippen molar-refractivity contribution in [2.24, 2.45) is 0 Å². The van der Waals surface area contributed by atoms with E-state index in [0.29, 0.717) is 5.75 Å². The van der Waals surface area contributed by atoms with Gasteiger partial charge in [-0.3, -0.25) is 4.90 Å². The molecule has 5 heteroatoms. The molecule has 1 aliphatic rings. The Morgan fingerprint density at radius 2 is 2.17 bits per heavy atom. The summed E-state index contributed by atoms with van der Waals surface area (Å²) in [5.74, 6) is 0.501. The van der Waals surface area contributed by atoms with Gasteiger partial charge in [0.25, 0.3) is 0 Å². The summed E-state index contributed by atoms with van der Waals surface area (Å²) in [7, 11) is 1.51. The molecular formula is C13H17N3O2. The molecule has 1 aromatic rings. The minimum atomic E-state index is -0.316. The summed E-state index contributed by atoms with van der Waals surface area (Å²) in [6, 6.07) is 7.11. The molecule has 1 aromatic carbocycles. The molecule has 1 aliphatic heterocycles. The number of piperazine rings is 1. The van der Waals surface area contributed by atoms with Crippen LogP contribution < -0.4 is 10.1 Å². The fraction of sp³-hybridized carbons (Fsp3) is 0.462. The molecule has 0 saturated carbocycles. The number of phenols is 1. The van der Waals surface area contributed by atoms with Crippen molar-refractivity contribution in [2.45, 2.75) is 6.04 Å². The van der Waals surface area contributed by atoms with E-state index < -0.39 is 0 Å². The molecule has 0 bridgehead atoms. The number of nitriles is 1. The van der Waals surface area contributed by atoms with Crippen molar-refractivity contribution in [3.05, 3.63) is 23.8 Å². The average molecular weight is 247 g/mol. The van der Waals surface area contributed by atoms with Crippen molar-refractivity contribution in [3.63, 3.8) is 0 Å². The van der Waals surface area contributed by atoms with Crippen molar-refractivity contribution >= 4 is 0 Å². The van der Waals surface area contributed by atoms with Crippen LogP contribution in [0.3, 0.4) is 0 Å². The Labute approximate surface area is 107 Å². The van der Waals surface area contributed by atoms with E-state index in [9.17, 15) is 10.4 Å². The van der Waals surface area contributed by atoms with Gasteiger partial charge in [-0.05, 0) is 17.7 Å². The molecular weight excluding hydrogens is 230 g/mol. The largest absolute Gasteiger partial charge is 0.504 e. The number of benzene rings is 1. The highest BCUT2D eigenvalue weighted by molar-refractivity contribution is 5.43. The molecule has 96 valence electrons. The number of methoxy groups -OCH3 is 1. The van der Waals surface area contributed by atoms with Crippen molar-refractivity contribution in [1.29, 1.82) is 5.26 Å². The minimum absolute atomic E-state index is 0.0744. The van der Waals surface area contributed by atoms with Crippen molar-refractivity contribution in [2.75, 3.05) is 33.3 Å². The van der Waals surface area contributed by atoms with Gasteiger partial charge >= 0.3 is 0 Å². The van der Waals surface area contributed by atoms with E-state index in [4.69, 9.17) is 4.74 Å². The standard InChI is InChI=1S/C13H17N3O2/c1-18-13-3-2-10(8-12(13)17)11(9-14)16-6-4-15-5-7-16/h2-3,8,11,15,17H,4-7H2,1H3. The maximum absolute atomic E-state index is 9.77. The van der Waals surface area contributed by atoms with Crippen LogP contribution in [0.15, 0.2) is 18.2 Å². The Bertz CT molecular complexity index is 450. The van der Waals surface area contributed by atoms with Gasteiger partial charge in [0.05, 0.1) is 13.2 Å². The summed E-state index contributed by atoms with van der Waals surface area (Å²) in [6.45, 7) is 3.46. The Balaban J connectivity index is 2.22. The summed E-state index contributed by atoms with van der Waals surface area (Å²) < 4.78 is 5.00. The fourth-order valence-corrected chi connectivity index (χ4v) is 2.18. The van der Waals surface area contributed by atoms with Gasteiger partial charge < -0.3 is 15.2 Å². The van der Waals surface area contributed by atoms with Crippen LogP contribution in [0.4, 0.5) is 0 Å². The Kier molecular flexibility index (Phi) is 4.03. The number of hydrogen-bond acceptors (Lipinski definition) is 5. The number of nitrogens with one attached hydrogen (secondary N) is 1. The van der Waals surface area contributed by atoms with E-state index in [2.05, 4.69) is 16.3 Å². The summed E-state index contributed by atoms with van der Waals surface area (Å²) >= 11 is 0. The highest BCUT2D eigenvalue weighted by Gasteiger charge is 2.22. The monoisotopic (exact) mass is 247 g/mol. The number of aromatic hydroxyl groups is 1. The molecule has 1 heterocycles. The smallest absolute Gasteiger partial charge is 0.160 e. The molecule has 1 atom stereocenters. The third-order valence-corrected chi connectivity index (χ3v) is 3.16. The molecule has 1 fully saturated rings. The van der Waals surface area contributed by atoms with Gasteiger partial charge in [-0.1, -0.05) is 6.07 Å². The van der Waals surface area contributed by atoms with E-state index in [1.54, 1.807) is 12.1 Å². The van der Waals surface area contributed by atoms with E-state index >= 15 is 0 Å². The number of rotatable bonds is 3. The van der Waals surface area contributed by atoms with Crippen LogP contribution in [-0.4, -0.2) is 43.3 Å². The first kappa shape index (κ1) is 12.7. The maximum Gasteiger partial charge on any atom is 0.160 e. The van der Waals surface area contributed by atoms with Gasteiger partial charge in [-0.15, -0.1) is 0 Å². The highest BCUT2D eigenvalue weighted by Crippen LogP contribution is 2.30. The SMILES string of the molecule is COc1ccc(C(C#N)N2CCNCC2)cc1O. The highest BCUT2D eigenvalue weighted by atomic mass is 16.5. The van der Waals surface area contributed by atoms with Crippen LogP contribution in [0.25, 0.3) is 0 Å². The minimum Gasteiger partial charge on any atom is -0.504 e. The van der Waals surface area contributed by atoms with Crippen LogP contribution in [0.2, 0.25) is 0 Å². The molecule has 0 radical (unpaired) electrons. The van der Waals surface area contributed by atoms with Crippen molar-refractivity contribution < 1.29 is 9.84 Å². The molecule has 1 saturated heterocycles. The van der Waals surface area contributed by atoms with E-state index in [1.165, 1.54) is 7.11 Å². The van der Waals surface area contributed by atoms with Gasteiger partial charge in [0, 0.05) is 26.2 Å². The molecule has 0 aromatic heterocycles. The van der Waals surface area contributed by atoms with Crippen LogP contribution in [0, 0.1) is 11.3 Å². The normalized spacial score (nSPS) is 18.0. The Hall–Kier alpha value is -1.77. The second-order valence-electron chi connectivity index (χ2n) is 4.25. The van der Waals surface area contributed by atoms with Gasteiger partial charge in [-0.2, -0.15) is 5.26 Å². The first-order valence-corrected chi connectivity index (χ1v) is 5.97. The first-order valence-electron chi connectivity index (χ1n) is 5.97. The average Bonchev–Trinajstić information content (AvgIpc) is 2.41. The van der Waals surface area contributed by atoms with Crippen LogP contribution in [-0.2, 0) is 0 Å². The van der Waals surface area contributed by atoms with E-state index in [-0.39, 0.29) is 11.8 Å². The summed E-state index contributed by atoms with van der Waals surface area (Å²) in [5.41, 5.74) is 0.803. The molecule has 0 spiro atoms. The van der Waals surface area contributed by atoms with Crippen LogP contribution in [0.5, 0.6) is 11.5 Å². The third-order valence-electron chi connectivity index (χ3n) is 3.16. The first-order chi connectivity index (χ1) is 8.76. The topological polar surface area (TPSA) is 68.5 Å². The molecule has 1 unspecified atom stereocenters. The van der Waals surface area contributed by atoms with Gasteiger partial charge in [0.15, 0.2) is 11.5 Å². The second-order valence-corrected chi connectivity index (χ2v) is 4.25. The van der Waals surface area contributed by atoms with Gasteiger partial charge in [0.1, 0.15) is 6.04 Å². The van der Waals surface area contributed by atoms with E-state index in [0.717, 1.165) is 31.7 Å². The van der Waals surface area contributed by atoms with Gasteiger partial charge in [0.2, 0.25) is 0 Å². The summed E-state index contributed by atoms with van der Waals surface area (Å²) in [6.07, 6.45) is 0. The zero-order valence-electron chi connectivity index (χ0n) is 10.4. The Morgan fingerprint density at radius 1 is 1.44 bits per heavy atom. The van der Waals surface area contributed by atoms with Crippen LogP contribution in [0.1, 0.15) is 11.6 Å². The summed E-state index contributed by atoms with van der Waals surface area (Å²) in [5, 5.41) is 22.3. The fourth-order valence-electron chi connectivity index (χ4n) is 2.18. The number of ether oxygens (including phenoxy) is 1. The molecule has 18 heavy (non-hydrogen) atoms. The third kappa shape index (κ3) is 2.55. The lowest BCUT2D eigenvalue weighted by Crippen LogP contribution is -2.44. The van der Waals surface area contributed by atoms with Gasteiger partial charge in [-0.25, -0.2) is 0 Å². The molecule has 2 rings (SSSR count). The number of phenolic OH excluding ortho intramolecular Hbond substituents is 1. The number of hydrogen-bond donors (Lipinski definition) is 2. The van der Waals surface area contributed by atoms with Crippen molar-refractivity contribution in [1.82, 2.24) is 10.2 Å². The van der Waals surface area contributed by atoms with E-state index in [1.807, 2.05) is 6.07 Å². The lowest BCUT2D eigenvalue weighted by Gasteiger charge is -2.31.